The van der Waals surface area contributed by atoms with Crippen molar-refractivity contribution in [2.45, 2.75) is 18.9 Å². The SMILES string of the molecule is N=C(N)c1ccc(-c2ccc(OC[C@@H]3C[C@@H](CC(=O)O)CN3C(=O)c3cccnc3)cc2)cc1F. The highest BCUT2D eigenvalue weighted by atomic mass is 19.1. The van der Waals surface area contributed by atoms with Crippen molar-refractivity contribution in [3.8, 4) is 16.9 Å². The van der Waals surface area contributed by atoms with E-state index in [1.165, 1.54) is 18.3 Å². The van der Waals surface area contributed by atoms with Crippen molar-refractivity contribution in [3.05, 3.63) is 83.9 Å². The molecule has 0 bridgehead atoms. The van der Waals surface area contributed by atoms with Crippen LogP contribution in [0.15, 0.2) is 67.0 Å². The number of carbonyl (C=O) groups is 2. The number of ether oxygens (including phenoxy) is 1. The van der Waals surface area contributed by atoms with Crippen LogP contribution in [0.25, 0.3) is 11.1 Å². The zero-order chi connectivity index (χ0) is 24.9. The highest BCUT2D eigenvalue weighted by molar-refractivity contribution is 5.95. The molecule has 0 unspecified atom stereocenters. The van der Waals surface area contributed by atoms with Crippen LogP contribution < -0.4 is 10.5 Å². The molecular weight excluding hydrogens is 451 g/mol. The van der Waals surface area contributed by atoms with Crippen LogP contribution in [0.5, 0.6) is 5.75 Å². The smallest absolute Gasteiger partial charge is 0.303 e. The van der Waals surface area contributed by atoms with Crippen LogP contribution >= 0.6 is 0 Å². The lowest BCUT2D eigenvalue weighted by atomic mass is 10.0. The number of halogens is 1. The largest absolute Gasteiger partial charge is 0.491 e. The van der Waals surface area contributed by atoms with E-state index in [9.17, 15) is 19.1 Å². The zero-order valence-electron chi connectivity index (χ0n) is 18.9. The number of pyridine rings is 1. The molecule has 1 fully saturated rings. The lowest BCUT2D eigenvalue weighted by molar-refractivity contribution is -0.138. The number of nitrogens with zero attached hydrogens (tertiary/aromatic N) is 2. The number of carboxylic acid groups (broad SMARTS) is 1. The summed E-state index contributed by atoms with van der Waals surface area (Å²) >= 11 is 0. The van der Waals surface area contributed by atoms with Gasteiger partial charge in [0.1, 0.15) is 24.0 Å². The summed E-state index contributed by atoms with van der Waals surface area (Å²) in [4.78, 5) is 29.9. The van der Waals surface area contributed by atoms with Crippen molar-refractivity contribution in [1.29, 1.82) is 5.41 Å². The molecule has 1 aromatic heterocycles. The van der Waals surface area contributed by atoms with Crippen molar-refractivity contribution in [2.24, 2.45) is 11.7 Å². The van der Waals surface area contributed by atoms with Gasteiger partial charge in [-0.3, -0.25) is 20.0 Å². The molecule has 4 rings (SSSR count). The molecule has 1 aliphatic heterocycles. The molecule has 0 saturated carbocycles. The van der Waals surface area contributed by atoms with E-state index in [0.29, 0.717) is 29.8 Å². The normalized spacial score (nSPS) is 17.2. The number of amides is 1. The van der Waals surface area contributed by atoms with E-state index in [0.717, 1.165) is 5.56 Å². The minimum Gasteiger partial charge on any atom is -0.491 e. The maximum Gasteiger partial charge on any atom is 0.303 e. The van der Waals surface area contributed by atoms with Crippen molar-refractivity contribution in [2.75, 3.05) is 13.2 Å². The number of hydrogen-bond donors (Lipinski definition) is 3. The topological polar surface area (TPSA) is 130 Å². The fourth-order valence-electron chi connectivity index (χ4n) is 4.32. The lowest BCUT2D eigenvalue weighted by Crippen LogP contribution is -2.39. The maximum absolute atomic E-state index is 14.2. The van der Waals surface area contributed by atoms with Gasteiger partial charge in [-0.15, -0.1) is 0 Å². The van der Waals surface area contributed by atoms with Gasteiger partial charge in [-0.2, -0.15) is 0 Å². The number of nitrogen functional groups attached to an aromatic ring is 1. The lowest BCUT2D eigenvalue weighted by Gasteiger charge is -2.25. The number of likely N-dealkylation sites (tertiary alicyclic amines) is 1. The number of carbonyl (C=O) groups excluding carboxylic acids is 1. The summed E-state index contributed by atoms with van der Waals surface area (Å²) in [6.45, 7) is 0.554. The van der Waals surface area contributed by atoms with Crippen LogP contribution in [-0.4, -0.2) is 51.9 Å². The molecule has 35 heavy (non-hydrogen) atoms. The van der Waals surface area contributed by atoms with Crippen LogP contribution in [0.3, 0.4) is 0 Å². The minimum absolute atomic E-state index is 0.0129. The molecule has 0 spiro atoms. The molecule has 4 N–H and O–H groups in total. The van der Waals surface area contributed by atoms with Gasteiger partial charge in [0, 0.05) is 25.4 Å². The number of aliphatic carboxylic acids is 1. The van der Waals surface area contributed by atoms with E-state index in [4.69, 9.17) is 15.9 Å². The van der Waals surface area contributed by atoms with E-state index in [1.807, 2.05) is 0 Å². The molecule has 2 aromatic carbocycles. The Kier molecular flexibility index (Phi) is 7.05. The van der Waals surface area contributed by atoms with E-state index in [-0.39, 0.29) is 42.3 Å². The van der Waals surface area contributed by atoms with Gasteiger partial charge in [-0.1, -0.05) is 18.2 Å². The Morgan fingerprint density at radius 2 is 1.91 bits per heavy atom. The molecule has 2 heterocycles. The van der Waals surface area contributed by atoms with Gasteiger partial charge in [0.15, 0.2) is 0 Å². The number of nitrogens with one attached hydrogen (secondary N) is 1. The standard InChI is InChI=1S/C26H25FN4O4/c27-23-12-18(5-8-22(23)25(28)29)17-3-6-21(7-4-17)35-15-20-10-16(11-24(32)33)14-31(20)26(34)19-2-1-9-30-13-19/h1-9,12-13,16,20H,10-11,14-15H2,(H3,28,29)(H,32,33)/t16-,20-/m0/s1. The van der Waals surface area contributed by atoms with Gasteiger partial charge < -0.3 is 20.5 Å². The predicted molar refractivity (Wildman–Crippen MR) is 128 cm³/mol. The van der Waals surface area contributed by atoms with Gasteiger partial charge in [-0.25, -0.2) is 4.39 Å². The first-order chi connectivity index (χ1) is 16.8. The second-order valence-corrected chi connectivity index (χ2v) is 8.50. The Morgan fingerprint density at radius 1 is 1.17 bits per heavy atom. The van der Waals surface area contributed by atoms with Crippen molar-refractivity contribution in [1.82, 2.24) is 9.88 Å². The molecule has 1 aliphatic rings. The van der Waals surface area contributed by atoms with Gasteiger partial charge in [0.05, 0.1) is 17.2 Å². The monoisotopic (exact) mass is 476 g/mol. The number of benzene rings is 2. The molecule has 0 radical (unpaired) electrons. The van der Waals surface area contributed by atoms with Crippen LogP contribution in [0.1, 0.15) is 28.8 Å². The average Bonchev–Trinajstić information content (AvgIpc) is 3.24. The first-order valence-corrected chi connectivity index (χ1v) is 11.1. The third kappa shape index (κ3) is 5.63. The van der Waals surface area contributed by atoms with Gasteiger partial charge in [0.25, 0.3) is 5.91 Å². The number of rotatable bonds is 8. The number of aromatic nitrogens is 1. The Labute approximate surface area is 201 Å². The molecular formula is C26H25FN4O4. The van der Waals surface area contributed by atoms with E-state index in [2.05, 4.69) is 4.98 Å². The summed E-state index contributed by atoms with van der Waals surface area (Å²) in [5.74, 6) is -1.57. The molecule has 1 amide bonds. The molecule has 0 aliphatic carbocycles. The van der Waals surface area contributed by atoms with E-state index < -0.39 is 11.8 Å². The summed E-state index contributed by atoms with van der Waals surface area (Å²) in [6, 6.07) is 14.7. The number of carboxylic acids is 1. The number of nitrogens with two attached hydrogens (primary N) is 1. The third-order valence-corrected chi connectivity index (χ3v) is 6.02. The quantitative estimate of drug-likeness (QED) is 0.337. The maximum atomic E-state index is 14.2. The summed E-state index contributed by atoms with van der Waals surface area (Å²) in [6.07, 6.45) is 3.60. The Balaban J connectivity index is 1.44. The van der Waals surface area contributed by atoms with Gasteiger partial charge in [-0.05, 0) is 59.9 Å². The summed E-state index contributed by atoms with van der Waals surface area (Å²) in [5, 5.41) is 16.6. The third-order valence-electron chi connectivity index (χ3n) is 6.02. The Bertz CT molecular complexity index is 1230. The molecule has 8 nitrogen and oxygen atoms in total. The Hall–Kier alpha value is -4.27. The molecule has 3 aromatic rings. The molecule has 180 valence electrons. The number of amidine groups is 1. The highest BCUT2D eigenvalue weighted by Gasteiger charge is 2.37. The van der Waals surface area contributed by atoms with Crippen LogP contribution in [0, 0.1) is 17.1 Å². The fraction of sp³-hybridized carbons (Fsp3) is 0.231. The average molecular weight is 477 g/mol. The van der Waals surface area contributed by atoms with Crippen LogP contribution in [0.2, 0.25) is 0 Å². The second-order valence-electron chi connectivity index (χ2n) is 8.50. The first kappa shape index (κ1) is 23.9. The highest BCUT2D eigenvalue weighted by Crippen LogP contribution is 2.29. The summed E-state index contributed by atoms with van der Waals surface area (Å²) in [7, 11) is 0. The molecule has 9 heteroatoms. The van der Waals surface area contributed by atoms with Crippen molar-refractivity contribution >= 4 is 17.7 Å². The van der Waals surface area contributed by atoms with Crippen LogP contribution in [-0.2, 0) is 4.79 Å². The molecule has 2 atom stereocenters. The van der Waals surface area contributed by atoms with E-state index >= 15 is 0 Å². The summed E-state index contributed by atoms with van der Waals surface area (Å²) in [5.41, 5.74) is 7.27. The minimum atomic E-state index is -0.895. The number of hydrogen-bond acceptors (Lipinski definition) is 5. The first-order valence-electron chi connectivity index (χ1n) is 11.1. The van der Waals surface area contributed by atoms with Crippen molar-refractivity contribution in [3.63, 3.8) is 0 Å². The van der Waals surface area contributed by atoms with Crippen LogP contribution in [0.4, 0.5) is 4.39 Å². The van der Waals surface area contributed by atoms with Gasteiger partial charge >= 0.3 is 5.97 Å². The molecule has 1 saturated heterocycles. The van der Waals surface area contributed by atoms with Gasteiger partial charge in [0.2, 0.25) is 0 Å². The van der Waals surface area contributed by atoms with E-state index in [1.54, 1.807) is 53.6 Å². The summed E-state index contributed by atoms with van der Waals surface area (Å²) < 4.78 is 20.1. The Morgan fingerprint density at radius 3 is 2.54 bits per heavy atom. The zero-order valence-corrected chi connectivity index (χ0v) is 18.9. The second kappa shape index (κ2) is 10.3. The fourth-order valence-corrected chi connectivity index (χ4v) is 4.32. The van der Waals surface area contributed by atoms with Crippen molar-refractivity contribution < 1.29 is 23.8 Å². The predicted octanol–water partition coefficient (Wildman–Crippen LogP) is 3.56.